The van der Waals surface area contributed by atoms with Crippen LogP contribution in [0.15, 0.2) is 58.2 Å². The van der Waals surface area contributed by atoms with Gasteiger partial charge in [0, 0.05) is 16.8 Å². The Balaban J connectivity index is 2.29. The number of esters is 1. The number of hydrogen-bond acceptors (Lipinski definition) is 5. The minimum atomic E-state index is -5.09. The maximum absolute atomic E-state index is 13.9. The second-order valence-corrected chi connectivity index (χ2v) is 6.04. The number of ether oxygens (including phenoxy) is 1. The van der Waals surface area contributed by atoms with Crippen molar-refractivity contribution in [1.29, 1.82) is 0 Å². The second kappa shape index (κ2) is 6.28. The maximum atomic E-state index is 13.9. The Kier molecular flexibility index (Phi) is 4.39. The van der Waals surface area contributed by atoms with Crippen LogP contribution in [0.3, 0.4) is 0 Å². The molecule has 0 spiro atoms. The standard InChI is InChI=1S/C17H13ClF3N3O2/c1-10-4-3-9-24-13(10)22-16(15(25)26-2,17(19,20)21)23-14(24)11-5-7-12(18)8-6-11/h3-9H,1-2H3/t16-/m0/s1. The van der Waals surface area contributed by atoms with Crippen LogP contribution >= 0.6 is 11.6 Å². The molecule has 0 amide bonds. The van der Waals surface area contributed by atoms with Crippen molar-refractivity contribution in [2.75, 3.05) is 7.11 Å². The van der Waals surface area contributed by atoms with Crippen molar-refractivity contribution < 1.29 is 22.7 Å². The molecule has 0 saturated carbocycles. The number of rotatable bonds is 2. The van der Waals surface area contributed by atoms with E-state index in [0.29, 0.717) is 16.2 Å². The molecular weight excluding hydrogens is 371 g/mol. The molecule has 3 rings (SSSR count). The number of fused-ring (bicyclic) bond motifs is 1. The molecule has 0 saturated heterocycles. The zero-order chi connectivity index (χ0) is 19.1. The average molecular weight is 384 g/mol. The molecule has 2 aliphatic rings. The van der Waals surface area contributed by atoms with Crippen LogP contribution in [0, 0.1) is 0 Å². The Morgan fingerprint density at radius 3 is 2.38 bits per heavy atom. The number of nitrogens with zero attached hydrogens (tertiary/aromatic N) is 3. The predicted molar refractivity (Wildman–Crippen MR) is 91.0 cm³/mol. The molecule has 0 aromatic heterocycles. The summed E-state index contributed by atoms with van der Waals surface area (Å²) in [6, 6.07) is 6.08. The number of carbonyl (C=O) groups is 1. The first-order valence-electron chi connectivity index (χ1n) is 7.45. The number of halogens is 4. The highest BCUT2D eigenvalue weighted by atomic mass is 35.5. The number of carbonyl (C=O) groups excluding carboxylic acids is 1. The van der Waals surface area contributed by atoms with Gasteiger partial charge >= 0.3 is 17.8 Å². The quantitative estimate of drug-likeness (QED) is 0.732. The fourth-order valence-corrected chi connectivity index (χ4v) is 2.71. The third kappa shape index (κ3) is 2.80. The third-order valence-electron chi connectivity index (χ3n) is 3.89. The smallest absolute Gasteiger partial charge is 0.445 e. The summed E-state index contributed by atoms with van der Waals surface area (Å²) in [5.41, 5.74) is -2.58. The highest BCUT2D eigenvalue weighted by Gasteiger charge is 2.65. The van der Waals surface area contributed by atoms with Crippen molar-refractivity contribution >= 4 is 29.2 Å². The molecule has 136 valence electrons. The fourth-order valence-electron chi connectivity index (χ4n) is 2.59. The van der Waals surface area contributed by atoms with Crippen LogP contribution in [0.25, 0.3) is 0 Å². The molecule has 1 atom stereocenters. The molecule has 0 bridgehead atoms. The summed E-state index contributed by atoms with van der Waals surface area (Å²) in [7, 11) is 0.864. The summed E-state index contributed by atoms with van der Waals surface area (Å²) in [5, 5.41) is 0.416. The Hall–Kier alpha value is -2.61. The molecule has 5 nitrogen and oxygen atoms in total. The van der Waals surface area contributed by atoms with Gasteiger partial charge in [0.2, 0.25) is 0 Å². The Morgan fingerprint density at radius 1 is 1.19 bits per heavy atom. The lowest BCUT2D eigenvalue weighted by atomic mass is 10.0. The van der Waals surface area contributed by atoms with E-state index < -0.39 is 17.8 Å². The van der Waals surface area contributed by atoms with Gasteiger partial charge in [0.15, 0.2) is 0 Å². The number of methoxy groups -OCH3 is 1. The number of benzene rings is 1. The monoisotopic (exact) mass is 383 g/mol. The van der Waals surface area contributed by atoms with Crippen LogP contribution < -0.4 is 0 Å². The average Bonchev–Trinajstić information content (AvgIpc) is 2.60. The molecule has 9 heteroatoms. The summed E-state index contributed by atoms with van der Waals surface area (Å²) in [6.45, 7) is 1.60. The summed E-state index contributed by atoms with van der Waals surface area (Å²) >= 11 is 5.86. The van der Waals surface area contributed by atoms with Gasteiger partial charge in [-0.15, -0.1) is 0 Å². The number of aliphatic imine (C=N–C) groups is 2. The van der Waals surface area contributed by atoms with Gasteiger partial charge in [-0.3, -0.25) is 4.90 Å². The van der Waals surface area contributed by atoms with Crippen molar-refractivity contribution in [3.8, 4) is 0 Å². The zero-order valence-corrected chi connectivity index (χ0v) is 14.5. The van der Waals surface area contributed by atoms with E-state index in [1.807, 2.05) is 0 Å². The van der Waals surface area contributed by atoms with Crippen LogP contribution in [0.4, 0.5) is 13.2 Å². The maximum Gasteiger partial charge on any atom is 0.445 e. The lowest BCUT2D eigenvalue weighted by molar-refractivity contribution is -0.202. The Morgan fingerprint density at radius 2 is 1.81 bits per heavy atom. The molecule has 0 unspecified atom stereocenters. The lowest BCUT2D eigenvalue weighted by Gasteiger charge is -2.37. The third-order valence-corrected chi connectivity index (χ3v) is 4.15. The minimum Gasteiger partial charge on any atom is -0.465 e. The first-order chi connectivity index (χ1) is 12.2. The zero-order valence-electron chi connectivity index (χ0n) is 13.7. The molecule has 1 aromatic rings. The highest BCUT2D eigenvalue weighted by molar-refractivity contribution is 6.30. The summed E-state index contributed by atoms with van der Waals surface area (Å²) in [6.07, 6.45) is -0.313. The molecule has 2 aliphatic heterocycles. The number of allylic oxidation sites excluding steroid dienone is 2. The molecule has 26 heavy (non-hydrogen) atoms. The van der Waals surface area contributed by atoms with Gasteiger partial charge in [-0.2, -0.15) is 13.2 Å². The van der Waals surface area contributed by atoms with E-state index in [1.54, 1.807) is 19.1 Å². The number of alkyl halides is 3. The van der Waals surface area contributed by atoms with E-state index >= 15 is 0 Å². The molecule has 0 N–H and O–H groups in total. The van der Waals surface area contributed by atoms with E-state index in [4.69, 9.17) is 11.6 Å². The summed E-state index contributed by atoms with van der Waals surface area (Å²) in [4.78, 5) is 20.9. The van der Waals surface area contributed by atoms with Crippen LogP contribution in [0.2, 0.25) is 5.02 Å². The van der Waals surface area contributed by atoms with E-state index in [2.05, 4.69) is 14.7 Å². The van der Waals surface area contributed by atoms with Gasteiger partial charge < -0.3 is 4.74 Å². The normalized spacial score (nSPS) is 22.2. The molecule has 0 radical (unpaired) electrons. The highest BCUT2D eigenvalue weighted by Crippen LogP contribution is 2.40. The second-order valence-electron chi connectivity index (χ2n) is 5.60. The lowest BCUT2D eigenvalue weighted by Crippen LogP contribution is -2.56. The number of amidine groups is 2. The van der Waals surface area contributed by atoms with Crippen LogP contribution in [-0.2, 0) is 9.53 Å². The van der Waals surface area contributed by atoms with Gasteiger partial charge in [-0.05, 0) is 42.8 Å². The first-order valence-corrected chi connectivity index (χ1v) is 7.83. The van der Waals surface area contributed by atoms with Crippen LogP contribution in [-0.4, -0.2) is 41.5 Å². The summed E-state index contributed by atoms with van der Waals surface area (Å²) < 4.78 is 46.0. The van der Waals surface area contributed by atoms with Gasteiger partial charge in [0.1, 0.15) is 11.7 Å². The Bertz CT molecular complexity index is 872. The van der Waals surface area contributed by atoms with Crippen molar-refractivity contribution in [1.82, 2.24) is 4.90 Å². The minimum absolute atomic E-state index is 0.0322. The largest absolute Gasteiger partial charge is 0.465 e. The van der Waals surface area contributed by atoms with E-state index in [0.717, 1.165) is 7.11 Å². The SMILES string of the molecule is COC(=O)[C@]1(C(F)(F)F)N=C2C(C)=CC=CN2C(c2ccc(Cl)cc2)=N1. The molecular formula is C17H13ClF3N3O2. The van der Waals surface area contributed by atoms with Gasteiger partial charge in [0.05, 0.1) is 7.11 Å². The van der Waals surface area contributed by atoms with Gasteiger partial charge in [0.25, 0.3) is 0 Å². The topological polar surface area (TPSA) is 54.3 Å². The van der Waals surface area contributed by atoms with E-state index in [-0.39, 0.29) is 11.7 Å². The molecule has 0 fully saturated rings. The first kappa shape index (κ1) is 18.2. The van der Waals surface area contributed by atoms with Crippen molar-refractivity contribution in [3.63, 3.8) is 0 Å². The fraction of sp³-hybridized carbons (Fsp3) is 0.235. The molecule has 2 heterocycles. The Labute approximate surface area is 152 Å². The van der Waals surface area contributed by atoms with Gasteiger partial charge in [-0.1, -0.05) is 17.7 Å². The summed E-state index contributed by atoms with van der Waals surface area (Å²) in [5.74, 6) is -1.72. The van der Waals surface area contributed by atoms with Crippen LogP contribution in [0.5, 0.6) is 0 Å². The molecule has 1 aromatic carbocycles. The number of hydrogen-bond donors (Lipinski definition) is 0. The van der Waals surface area contributed by atoms with Gasteiger partial charge in [-0.25, -0.2) is 14.8 Å². The van der Waals surface area contributed by atoms with Crippen LogP contribution in [0.1, 0.15) is 12.5 Å². The van der Waals surface area contributed by atoms with Crippen molar-refractivity contribution in [2.24, 2.45) is 9.98 Å². The van der Waals surface area contributed by atoms with Crippen molar-refractivity contribution in [3.05, 3.63) is 58.8 Å². The molecule has 0 aliphatic carbocycles. The van der Waals surface area contributed by atoms with Crippen molar-refractivity contribution in [2.45, 2.75) is 18.8 Å². The van der Waals surface area contributed by atoms with E-state index in [9.17, 15) is 18.0 Å². The predicted octanol–water partition coefficient (Wildman–Crippen LogP) is 3.71. The van der Waals surface area contributed by atoms with E-state index in [1.165, 1.54) is 35.4 Å².